The second-order valence-electron chi connectivity index (χ2n) is 7.94. The van der Waals surface area contributed by atoms with Gasteiger partial charge >= 0.3 is 0 Å². The molecule has 3 rings (SSSR count). The molecule has 0 unspecified atom stereocenters. The molecule has 0 aromatic heterocycles. The summed E-state index contributed by atoms with van der Waals surface area (Å²) < 4.78 is 32.4. The summed E-state index contributed by atoms with van der Waals surface area (Å²) in [7, 11) is -2.00. The molecule has 0 radical (unpaired) electrons. The van der Waals surface area contributed by atoms with E-state index in [1.807, 2.05) is 0 Å². The summed E-state index contributed by atoms with van der Waals surface area (Å²) in [6.07, 6.45) is 2.79. The van der Waals surface area contributed by atoms with Gasteiger partial charge in [0.25, 0.3) is 0 Å². The molecule has 0 bridgehead atoms. The third-order valence-electron chi connectivity index (χ3n) is 5.36. The highest BCUT2D eigenvalue weighted by Gasteiger charge is 2.26. The van der Waals surface area contributed by atoms with Gasteiger partial charge in [-0.1, -0.05) is 6.42 Å². The molecule has 178 valence electrons. The van der Waals surface area contributed by atoms with Gasteiger partial charge in [-0.15, -0.1) is 0 Å². The third-order valence-corrected chi connectivity index (χ3v) is 7.27. The summed E-state index contributed by atoms with van der Waals surface area (Å²) in [5.41, 5.74) is 1.61. The van der Waals surface area contributed by atoms with Gasteiger partial charge in [-0.05, 0) is 62.2 Å². The summed E-state index contributed by atoms with van der Waals surface area (Å²) in [5.74, 6) is 0.00676. The minimum Gasteiger partial charge on any atom is -0.495 e. The molecule has 0 saturated carbocycles. The Labute approximate surface area is 194 Å². The Morgan fingerprint density at radius 2 is 1.61 bits per heavy atom. The normalized spacial score (nSPS) is 15.4. The molecule has 1 aliphatic rings. The largest absolute Gasteiger partial charge is 0.495 e. The maximum Gasteiger partial charge on any atom is 0.246 e. The average molecular weight is 475 g/mol. The first kappa shape index (κ1) is 24.5. The van der Waals surface area contributed by atoms with E-state index in [1.165, 1.54) is 30.5 Å². The van der Waals surface area contributed by atoms with Crippen LogP contribution in [0, 0.1) is 0 Å². The minimum absolute atomic E-state index is 0.206. The molecule has 0 spiro atoms. The van der Waals surface area contributed by atoms with Crippen molar-refractivity contribution in [3.8, 4) is 5.75 Å². The first-order valence-electron chi connectivity index (χ1n) is 10.8. The number of amides is 2. The Hall–Kier alpha value is -3.11. The van der Waals surface area contributed by atoms with Gasteiger partial charge < -0.3 is 20.7 Å². The second-order valence-corrected chi connectivity index (χ2v) is 9.88. The zero-order valence-corrected chi connectivity index (χ0v) is 19.9. The van der Waals surface area contributed by atoms with Crippen molar-refractivity contribution in [2.45, 2.75) is 44.0 Å². The SMILES string of the molecule is COc1ccc(NC(C)=O)cc1N[C@H](C)C(=O)Nc1ccc(S(=O)(=O)N2CCCCC2)cc1. The zero-order chi connectivity index (χ0) is 24.0. The summed E-state index contributed by atoms with van der Waals surface area (Å²) in [6.45, 7) is 4.18. The number of nitrogens with zero attached hydrogens (tertiary/aromatic N) is 1. The molecule has 2 aromatic rings. The number of anilines is 3. The highest BCUT2D eigenvalue weighted by atomic mass is 32.2. The average Bonchev–Trinajstić information content (AvgIpc) is 2.80. The summed E-state index contributed by atoms with van der Waals surface area (Å²) in [4.78, 5) is 24.2. The van der Waals surface area contributed by atoms with Crippen molar-refractivity contribution < 1.29 is 22.7 Å². The Kier molecular flexibility index (Phi) is 7.93. The summed E-state index contributed by atoms with van der Waals surface area (Å²) >= 11 is 0. The lowest BCUT2D eigenvalue weighted by molar-refractivity contribution is -0.116. The molecule has 3 N–H and O–H groups in total. The van der Waals surface area contributed by atoms with Crippen LogP contribution in [-0.2, 0) is 19.6 Å². The number of sulfonamides is 1. The molecule has 1 aliphatic heterocycles. The molecule has 0 aliphatic carbocycles. The molecule has 10 heteroatoms. The molecule has 2 aromatic carbocycles. The Balaban J connectivity index is 1.66. The highest BCUT2D eigenvalue weighted by Crippen LogP contribution is 2.29. The van der Waals surface area contributed by atoms with Crippen molar-refractivity contribution in [1.82, 2.24) is 4.31 Å². The molecule has 1 saturated heterocycles. The van der Waals surface area contributed by atoms with E-state index in [0.29, 0.717) is 35.9 Å². The fourth-order valence-electron chi connectivity index (χ4n) is 3.62. The molecular formula is C23H30N4O5S. The molecular weight excluding hydrogens is 444 g/mol. The van der Waals surface area contributed by atoms with Crippen molar-refractivity contribution in [2.75, 3.05) is 36.1 Å². The van der Waals surface area contributed by atoms with Gasteiger partial charge in [0.15, 0.2) is 0 Å². The number of rotatable bonds is 8. The van der Waals surface area contributed by atoms with Gasteiger partial charge in [0.2, 0.25) is 21.8 Å². The standard InChI is InChI=1S/C23H30N4O5S/c1-16(24-21-15-19(25-17(2)28)9-12-22(21)32-3)23(29)26-18-7-10-20(11-8-18)33(30,31)27-13-5-4-6-14-27/h7-12,15-16,24H,4-6,13-14H2,1-3H3,(H,25,28)(H,26,29)/t16-/m1/s1. The van der Waals surface area contributed by atoms with Crippen LogP contribution in [0.4, 0.5) is 17.1 Å². The maximum absolute atomic E-state index is 12.8. The number of hydrogen-bond donors (Lipinski definition) is 3. The first-order chi connectivity index (χ1) is 15.7. The van der Waals surface area contributed by atoms with Crippen LogP contribution >= 0.6 is 0 Å². The summed E-state index contributed by atoms with van der Waals surface area (Å²) in [6, 6.07) is 10.6. The van der Waals surface area contributed by atoms with E-state index in [2.05, 4.69) is 16.0 Å². The lowest BCUT2D eigenvalue weighted by atomic mass is 10.2. The predicted octanol–water partition coefficient (Wildman–Crippen LogP) is 3.27. The van der Waals surface area contributed by atoms with Gasteiger partial charge in [-0.3, -0.25) is 9.59 Å². The van der Waals surface area contributed by atoms with Crippen LogP contribution in [0.3, 0.4) is 0 Å². The number of hydrogen-bond acceptors (Lipinski definition) is 6. The molecule has 9 nitrogen and oxygen atoms in total. The van der Waals surface area contributed by atoms with Gasteiger partial charge in [-0.25, -0.2) is 8.42 Å². The van der Waals surface area contributed by atoms with Crippen molar-refractivity contribution in [2.24, 2.45) is 0 Å². The van der Waals surface area contributed by atoms with Crippen LogP contribution in [0.5, 0.6) is 5.75 Å². The zero-order valence-electron chi connectivity index (χ0n) is 19.1. The fourth-order valence-corrected chi connectivity index (χ4v) is 5.13. The molecule has 1 atom stereocenters. The van der Waals surface area contributed by atoms with Gasteiger partial charge in [0.1, 0.15) is 11.8 Å². The van der Waals surface area contributed by atoms with Gasteiger partial charge in [0, 0.05) is 31.4 Å². The maximum atomic E-state index is 12.8. The Bertz CT molecular complexity index is 1100. The Morgan fingerprint density at radius 3 is 2.21 bits per heavy atom. The molecule has 1 heterocycles. The van der Waals surface area contributed by atoms with E-state index in [4.69, 9.17) is 4.74 Å². The fraction of sp³-hybridized carbons (Fsp3) is 0.391. The molecule has 2 amide bonds. The number of methoxy groups -OCH3 is 1. The lowest BCUT2D eigenvalue weighted by Crippen LogP contribution is -2.35. The van der Waals surface area contributed by atoms with Crippen LogP contribution in [0.2, 0.25) is 0 Å². The lowest BCUT2D eigenvalue weighted by Gasteiger charge is -2.25. The first-order valence-corrected chi connectivity index (χ1v) is 12.3. The number of carbonyl (C=O) groups excluding carboxylic acids is 2. The van der Waals surface area contributed by atoms with E-state index >= 15 is 0 Å². The minimum atomic E-state index is -3.52. The van der Waals surface area contributed by atoms with E-state index in [1.54, 1.807) is 37.3 Å². The predicted molar refractivity (Wildman–Crippen MR) is 128 cm³/mol. The number of ether oxygens (including phenoxy) is 1. The molecule has 1 fully saturated rings. The van der Waals surface area contributed by atoms with Gasteiger partial charge in [0.05, 0.1) is 17.7 Å². The monoisotopic (exact) mass is 474 g/mol. The topological polar surface area (TPSA) is 117 Å². The highest BCUT2D eigenvalue weighted by molar-refractivity contribution is 7.89. The van der Waals surface area contributed by atoms with Crippen LogP contribution in [0.25, 0.3) is 0 Å². The third kappa shape index (κ3) is 6.23. The quantitative estimate of drug-likeness (QED) is 0.541. The van der Waals surface area contributed by atoms with Crippen LogP contribution in [-0.4, -0.2) is 50.8 Å². The van der Waals surface area contributed by atoms with Crippen LogP contribution < -0.4 is 20.7 Å². The smallest absolute Gasteiger partial charge is 0.246 e. The van der Waals surface area contributed by atoms with E-state index in [-0.39, 0.29) is 16.7 Å². The van der Waals surface area contributed by atoms with Gasteiger partial charge in [-0.2, -0.15) is 4.31 Å². The number of piperidine rings is 1. The number of benzene rings is 2. The Morgan fingerprint density at radius 1 is 0.970 bits per heavy atom. The van der Waals surface area contributed by atoms with Crippen molar-refractivity contribution >= 4 is 38.9 Å². The second kappa shape index (κ2) is 10.7. The van der Waals surface area contributed by atoms with Crippen molar-refractivity contribution in [3.05, 3.63) is 42.5 Å². The number of nitrogens with one attached hydrogen (secondary N) is 3. The van der Waals surface area contributed by atoms with E-state index in [9.17, 15) is 18.0 Å². The van der Waals surface area contributed by atoms with E-state index in [0.717, 1.165) is 19.3 Å². The number of carbonyl (C=O) groups is 2. The van der Waals surface area contributed by atoms with E-state index < -0.39 is 16.1 Å². The van der Waals surface area contributed by atoms with Crippen LogP contribution in [0.15, 0.2) is 47.4 Å². The summed E-state index contributed by atoms with van der Waals surface area (Å²) in [5, 5.41) is 8.56. The van der Waals surface area contributed by atoms with Crippen molar-refractivity contribution in [1.29, 1.82) is 0 Å². The molecule has 33 heavy (non-hydrogen) atoms. The van der Waals surface area contributed by atoms with Crippen LogP contribution in [0.1, 0.15) is 33.1 Å². The van der Waals surface area contributed by atoms with Crippen molar-refractivity contribution in [3.63, 3.8) is 0 Å².